The molecule has 1 aliphatic rings. The Morgan fingerprint density at radius 2 is 1.53 bits per heavy atom. The van der Waals surface area contributed by atoms with Crippen LogP contribution in [0.5, 0.6) is 0 Å². The van der Waals surface area contributed by atoms with Gasteiger partial charge in [0.2, 0.25) is 0 Å². The molecule has 1 aliphatic heterocycles. The number of hydrogen-bond acceptors (Lipinski definition) is 5. The van der Waals surface area contributed by atoms with E-state index < -0.39 is 6.29 Å². The fourth-order valence-corrected chi connectivity index (χ4v) is 4.49. The van der Waals surface area contributed by atoms with Crippen LogP contribution in [0.4, 0.5) is 4.79 Å². The summed E-state index contributed by atoms with van der Waals surface area (Å²) in [5.41, 5.74) is 4.90. The maximum atomic E-state index is 12.2. The van der Waals surface area contributed by atoms with Crippen LogP contribution in [0.25, 0.3) is 0 Å². The van der Waals surface area contributed by atoms with Crippen molar-refractivity contribution in [1.29, 1.82) is 0 Å². The molecular formula is C31H37N3O4. The molecule has 0 saturated carbocycles. The lowest BCUT2D eigenvalue weighted by Crippen LogP contribution is -2.37. The average molecular weight is 516 g/mol. The van der Waals surface area contributed by atoms with Crippen molar-refractivity contribution in [2.45, 2.75) is 44.6 Å². The van der Waals surface area contributed by atoms with Crippen LogP contribution in [0.3, 0.4) is 0 Å². The summed E-state index contributed by atoms with van der Waals surface area (Å²) in [6.45, 7) is 6.29. The second-order valence-electron chi connectivity index (χ2n) is 9.62. The van der Waals surface area contributed by atoms with E-state index in [4.69, 9.17) is 9.47 Å². The van der Waals surface area contributed by atoms with Gasteiger partial charge in [-0.2, -0.15) is 0 Å². The molecule has 0 aliphatic carbocycles. The first-order chi connectivity index (χ1) is 18.5. The molecule has 7 nitrogen and oxygen atoms in total. The Morgan fingerprint density at radius 1 is 0.921 bits per heavy atom. The monoisotopic (exact) mass is 515 g/mol. The van der Waals surface area contributed by atoms with E-state index in [0.29, 0.717) is 13.1 Å². The van der Waals surface area contributed by atoms with Gasteiger partial charge in [-0.05, 0) is 29.3 Å². The van der Waals surface area contributed by atoms with E-state index in [1.165, 1.54) is 0 Å². The van der Waals surface area contributed by atoms with Gasteiger partial charge < -0.3 is 30.1 Å². The number of amides is 2. The summed E-state index contributed by atoms with van der Waals surface area (Å²) in [4.78, 5) is 14.4. The molecular weight excluding hydrogens is 478 g/mol. The van der Waals surface area contributed by atoms with Crippen molar-refractivity contribution in [2.24, 2.45) is 0 Å². The first-order valence-corrected chi connectivity index (χ1v) is 13.0. The number of nitrogens with zero attached hydrogens (tertiary/aromatic N) is 1. The normalized spacial score (nSPS) is 19.2. The van der Waals surface area contributed by atoms with Crippen molar-refractivity contribution in [3.8, 4) is 0 Å². The molecule has 0 aromatic heterocycles. The van der Waals surface area contributed by atoms with Crippen molar-refractivity contribution in [3.63, 3.8) is 0 Å². The van der Waals surface area contributed by atoms with Crippen LogP contribution >= 0.6 is 0 Å². The quantitative estimate of drug-likeness (QED) is 0.318. The van der Waals surface area contributed by atoms with Gasteiger partial charge in [0.15, 0.2) is 6.29 Å². The number of rotatable bonds is 11. The summed E-state index contributed by atoms with van der Waals surface area (Å²) in [6.07, 6.45) is 1.96. The number of aliphatic hydroxyl groups is 1. The first-order valence-electron chi connectivity index (χ1n) is 13.0. The molecule has 3 aromatic rings. The van der Waals surface area contributed by atoms with Gasteiger partial charge in [-0.15, -0.1) is 6.58 Å². The van der Waals surface area contributed by atoms with Crippen LogP contribution in [0.2, 0.25) is 0 Å². The summed E-state index contributed by atoms with van der Waals surface area (Å²) in [6, 6.07) is 25.4. The maximum absolute atomic E-state index is 12.2. The highest BCUT2D eigenvalue weighted by Gasteiger charge is 2.32. The van der Waals surface area contributed by atoms with Crippen LogP contribution in [0, 0.1) is 0 Å². The van der Waals surface area contributed by atoms with Crippen LogP contribution < -0.4 is 10.6 Å². The summed E-state index contributed by atoms with van der Waals surface area (Å²) in [5, 5.41) is 15.2. The number of nitrogens with one attached hydrogen (secondary N) is 2. The molecule has 0 unspecified atom stereocenters. The highest BCUT2D eigenvalue weighted by atomic mass is 16.7. The van der Waals surface area contributed by atoms with Crippen molar-refractivity contribution < 1.29 is 19.4 Å². The van der Waals surface area contributed by atoms with Gasteiger partial charge in [0.25, 0.3) is 0 Å². The van der Waals surface area contributed by atoms with Gasteiger partial charge in [0, 0.05) is 38.2 Å². The van der Waals surface area contributed by atoms with Gasteiger partial charge in [0.1, 0.15) is 0 Å². The Hall–Kier alpha value is -3.49. The van der Waals surface area contributed by atoms with Crippen molar-refractivity contribution >= 4 is 6.03 Å². The van der Waals surface area contributed by atoms with Crippen molar-refractivity contribution in [2.75, 3.05) is 20.1 Å². The second-order valence-corrected chi connectivity index (χ2v) is 9.62. The number of benzene rings is 3. The minimum absolute atomic E-state index is 0.0163. The Labute approximate surface area is 225 Å². The molecule has 38 heavy (non-hydrogen) atoms. The standard InChI is InChI=1S/C31H37N3O4/c1-3-17-34(2)21-28-18-29(26-13-11-25(22-35)12-14-26)38-30(37-28)27-15-9-24(10-16-27)20-33-31(36)32-19-23-7-5-4-6-8-23/h3-16,28-30,35H,1,17-22H2,2H3,(H2,32,33,36)/t28-,29+,30+/m1/s1. The molecule has 200 valence electrons. The molecule has 7 heteroatoms. The van der Waals surface area contributed by atoms with Gasteiger partial charge in [-0.1, -0.05) is 84.9 Å². The van der Waals surface area contributed by atoms with Crippen LogP contribution in [0.15, 0.2) is 91.5 Å². The van der Waals surface area contributed by atoms with Gasteiger partial charge in [-0.3, -0.25) is 0 Å². The zero-order chi connectivity index (χ0) is 26.7. The third-order valence-corrected chi connectivity index (χ3v) is 6.57. The SMILES string of the molecule is C=CCN(C)C[C@H]1C[C@@H](c2ccc(CO)cc2)O[C@@H](c2ccc(CNC(=O)NCc3ccccc3)cc2)O1. The molecule has 0 spiro atoms. The van der Waals surface area contributed by atoms with E-state index >= 15 is 0 Å². The van der Waals surface area contributed by atoms with Crippen molar-refractivity contribution in [3.05, 3.63) is 119 Å². The summed E-state index contributed by atoms with van der Waals surface area (Å²) in [7, 11) is 2.05. The summed E-state index contributed by atoms with van der Waals surface area (Å²) >= 11 is 0. The maximum Gasteiger partial charge on any atom is 0.315 e. The van der Waals surface area contributed by atoms with E-state index in [9.17, 15) is 9.90 Å². The molecule has 2 amide bonds. The number of carbonyl (C=O) groups excluding carboxylic acids is 1. The molecule has 3 N–H and O–H groups in total. The first kappa shape index (κ1) is 27.5. The van der Waals surface area contributed by atoms with Crippen LogP contribution in [0.1, 0.15) is 46.6 Å². The van der Waals surface area contributed by atoms with Crippen molar-refractivity contribution in [1.82, 2.24) is 15.5 Å². The third-order valence-electron chi connectivity index (χ3n) is 6.57. The molecule has 3 atom stereocenters. The predicted octanol–water partition coefficient (Wildman–Crippen LogP) is 4.84. The number of ether oxygens (including phenoxy) is 2. The number of carbonyl (C=O) groups is 1. The Balaban J connectivity index is 1.37. The van der Waals surface area contributed by atoms with Gasteiger partial charge in [0.05, 0.1) is 18.8 Å². The lowest BCUT2D eigenvalue weighted by Gasteiger charge is -2.37. The molecule has 1 heterocycles. The van der Waals surface area contributed by atoms with E-state index in [-0.39, 0.29) is 24.8 Å². The smallest absolute Gasteiger partial charge is 0.315 e. The zero-order valence-corrected chi connectivity index (χ0v) is 21.9. The summed E-state index contributed by atoms with van der Waals surface area (Å²) in [5.74, 6) is 0. The highest BCUT2D eigenvalue weighted by molar-refractivity contribution is 5.73. The van der Waals surface area contributed by atoms with Gasteiger partial charge >= 0.3 is 6.03 Å². The Bertz CT molecular complexity index is 1150. The van der Waals surface area contributed by atoms with E-state index in [0.717, 1.165) is 47.3 Å². The number of aliphatic hydroxyl groups excluding tert-OH is 1. The fourth-order valence-electron chi connectivity index (χ4n) is 4.49. The summed E-state index contributed by atoms with van der Waals surface area (Å²) < 4.78 is 12.8. The zero-order valence-electron chi connectivity index (χ0n) is 21.9. The molecule has 1 fully saturated rings. The third kappa shape index (κ3) is 8.00. The number of urea groups is 1. The number of hydrogen-bond donors (Lipinski definition) is 3. The van der Waals surface area contributed by atoms with Gasteiger partial charge in [-0.25, -0.2) is 4.79 Å². The van der Waals surface area contributed by atoms with E-state index in [1.807, 2.05) is 84.9 Å². The molecule has 3 aromatic carbocycles. The topological polar surface area (TPSA) is 83.1 Å². The Kier molecular flexibility index (Phi) is 10.1. The van der Waals surface area contributed by atoms with E-state index in [2.05, 4.69) is 29.2 Å². The molecule has 0 radical (unpaired) electrons. The average Bonchev–Trinajstić information content (AvgIpc) is 2.96. The minimum atomic E-state index is -0.510. The number of likely N-dealkylation sites (N-methyl/N-ethyl adjacent to an activating group) is 1. The highest BCUT2D eigenvalue weighted by Crippen LogP contribution is 2.38. The molecule has 0 bridgehead atoms. The second kappa shape index (κ2) is 13.9. The van der Waals surface area contributed by atoms with Crippen LogP contribution in [-0.2, 0) is 29.2 Å². The fraction of sp³-hybridized carbons (Fsp3) is 0.323. The minimum Gasteiger partial charge on any atom is -0.392 e. The largest absolute Gasteiger partial charge is 0.392 e. The lowest BCUT2D eigenvalue weighted by atomic mass is 9.99. The Morgan fingerprint density at radius 3 is 2.16 bits per heavy atom. The van der Waals surface area contributed by atoms with E-state index in [1.54, 1.807) is 0 Å². The predicted molar refractivity (Wildman–Crippen MR) is 148 cm³/mol. The lowest BCUT2D eigenvalue weighted by molar-refractivity contribution is -0.252. The molecule has 4 rings (SSSR count). The molecule has 1 saturated heterocycles. The van der Waals surface area contributed by atoms with Crippen LogP contribution in [-0.4, -0.2) is 42.3 Å².